The Labute approximate surface area is 155 Å². The number of anilines is 2. The van der Waals surface area contributed by atoms with Crippen molar-refractivity contribution in [3.8, 4) is 0 Å². The summed E-state index contributed by atoms with van der Waals surface area (Å²) in [5.74, 6) is 0.0943. The molecule has 4 heterocycles. The Balaban J connectivity index is 1.52. The highest BCUT2D eigenvalue weighted by atomic mass is 16.4. The lowest BCUT2D eigenvalue weighted by Crippen LogP contribution is -2.35. The lowest BCUT2D eigenvalue weighted by Gasteiger charge is -2.29. The topological polar surface area (TPSA) is 109 Å². The molecule has 1 aliphatic rings. The van der Waals surface area contributed by atoms with Crippen molar-refractivity contribution < 1.29 is 9.90 Å². The van der Waals surface area contributed by atoms with Crippen LogP contribution in [0.25, 0.3) is 0 Å². The summed E-state index contributed by atoms with van der Waals surface area (Å²) < 4.78 is 1.95. The normalized spacial score (nSPS) is 13.3. The molecule has 0 unspecified atom stereocenters. The molecule has 0 amide bonds. The van der Waals surface area contributed by atoms with E-state index in [-0.39, 0.29) is 5.56 Å². The highest BCUT2D eigenvalue weighted by Gasteiger charge is 2.23. The molecule has 3 aromatic rings. The molecule has 0 radical (unpaired) electrons. The van der Waals surface area contributed by atoms with E-state index < -0.39 is 5.97 Å². The number of rotatable bonds is 5. The molecule has 2 N–H and O–H groups in total. The summed E-state index contributed by atoms with van der Waals surface area (Å²) in [5.41, 5.74) is 2.92. The van der Waals surface area contributed by atoms with E-state index in [1.807, 2.05) is 22.6 Å². The molecule has 0 fully saturated rings. The van der Waals surface area contributed by atoms with Crippen LogP contribution in [0, 0.1) is 6.92 Å². The van der Waals surface area contributed by atoms with Crippen molar-refractivity contribution in [3.63, 3.8) is 0 Å². The van der Waals surface area contributed by atoms with Crippen LogP contribution in [-0.4, -0.2) is 42.4 Å². The van der Waals surface area contributed by atoms with Crippen LogP contribution in [0.4, 0.5) is 11.8 Å². The van der Waals surface area contributed by atoms with Gasteiger partial charge in [0.05, 0.1) is 31.0 Å². The maximum Gasteiger partial charge on any atom is 0.339 e. The quantitative estimate of drug-likeness (QED) is 0.703. The minimum absolute atomic E-state index is 0.219. The van der Waals surface area contributed by atoms with E-state index in [1.54, 1.807) is 30.6 Å². The second-order valence-corrected chi connectivity index (χ2v) is 6.33. The average molecular weight is 365 g/mol. The van der Waals surface area contributed by atoms with Crippen molar-refractivity contribution in [2.45, 2.75) is 26.6 Å². The van der Waals surface area contributed by atoms with E-state index in [2.05, 4.69) is 25.4 Å². The van der Waals surface area contributed by atoms with E-state index in [4.69, 9.17) is 0 Å². The number of carboxylic acid groups (broad SMARTS) is 1. The minimum atomic E-state index is -0.968. The fraction of sp³-hybridized carbons (Fsp3) is 0.278. The highest BCUT2D eigenvalue weighted by molar-refractivity contribution is 5.93. The number of fused-ring (bicyclic) bond motifs is 1. The molecule has 4 rings (SSSR count). The second kappa shape index (κ2) is 7.02. The van der Waals surface area contributed by atoms with Crippen molar-refractivity contribution >= 4 is 17.7 Å². The highest BCUT2D eigenvalue weighted by Crippen LogP contribution is 2.24. The lowest BCUT2D eigenvalue weighted by atomic mass is 10.2. The molecule has 9 heteroatoms. The average Bonchev–Trinajstić information content (AvgIpc) is 3.09. The van der Waals surface area contributed by atoms with Crippen LogP contribution < -0.4 is 10.2 Å². The molecule has 0 bridgehead atoms. The smallest absolute Gasteiger partial charge is 0.339 e. The Kier molecular flexibility index (Phi) is 4.41. The van der Waals surface area contributed by atoms with Gasteiger partial charge in [-0.3, -0.25) is 4.68 Å². The molecule has 0 saturated carbocycles. The predicted molar refractivity (Wildman–Crippen MR) is 98.6 cm³/mol. The molecule has 27 heavy (non-hydrogen) atoms. The second-order valence-electron chi connectivity index (χ2n) is 6.33. The van der Waals surface area contributed by atoms with Crippen LogP contribution in [0.3, 0.4) is 0 Å². The van der Waals surface area contributed by atoms with E-state index >= 15 is 0 Å². The fourth-order valence-corrected chi connectivity index (χ4v) is 3.10. The van der Waals surface area contributed by atoms with Gasteiger partial charge in [-0.05, 0) is 31.2 Å². The minimum Gasteiger partial charge on any atom is -0.478 e. The lowest BCUT2D eigenvalue weighted by molar-refractivity contribution is 0.0697. The van der Waals surface area contributed by atoms with Crippen LogP contribution in [-0.2, 0) is 19.6 Å². The van der Waals surface area contributed by atoms with Crippen molar-refractivity contribution in [3.05, 3.63) is 59.3 Å². The first-order chi connectivity index (χ1) is 13.1. The number of carbonyl (C=O) groups is 1. The molecule has 9 nitrogen and oxygen atoms in total. The van der Waals surface area contributed by atoms with Crippen LogP contribution in [0.1, 0.15) is 27.4 Å². The Morgan fingerprint density at radius 2 is 2.07 bits per heavy atom. The van der Waals surface area contributed by atoms with Gasteiger partial charge in [-0.15, -0.1) is 0 Å². The Morgan fingerprint density at radius 1 is 1.26 bits per heavy atom. The number of nitrogens with zero attached hydrogens (tertiary/aromatic N) is 6. The van der Waals surface area contributed by atoms with Gasteiger partial charge in [-0.2, -0.15) is 5.10 Å². The molecule has 0 atom stereocenters. The van der Waals surface area contributed by atoms with Crippen LogP contribution in [0.15, 0.2) is 36.7 Å². The number of pyridine rings is 1. The molecule has 0 aromatic carbocycles. The van der Waals surface area contributed by atoms with Crippen molar-refractivity contribution in [2.75, 3.05) is 16.8 Å². The predicted octanol–water partition coefficient (Wildman–Crippen LogP) is 1.71. The molecule has 0 aliphatic carbocycles. The summed E-state index contributed by atoms with van der Waals surface area (Å²) in [6.07, 6.45) is 3.36. The van der Waals surface area contributed by atoms with Crippen LogP contribution >= 0.6 is 0 Å². The summed E-state index contributed by atoms with van der Waals surface area (Å²) in [6, 6.07) is 7.11. The molecular weight excluding hydrogens is 346 g/mol. The summed E-state index contributed by atoms with van der Waals surface area (Å²) in [6.45, 7) is 4.27. The number of hydrogen-bond donors (Lipinski definition) is 2. The third-order valence-corrected chi connectivity index (χ3v) is 4.39. The van der Waals surface area contributed by atoms with E-state index in [9.17, 15) is 9.90 Å². The standard InChI is InChI=1S/C18H19N7O2/c1-12-3-4-15(17(26)27)16(22-12)24-7-8-25-14(11-24)9-13(23-25)10-21-18-19-5-2-6-20-18/h2-6,9H,7-8,10-11H2,1H3,(H,26,27)(H,19,20,21). The third kappa shape index (κ3) is 3.57. The van der Waals surface area contributed by atoms with Crippen molar-refractivity contribution in [1.29, 1.82) is 0 Å². The van der Waals surface area contributed by atoms with Crippen molar-refractivity contribution in [1.82, 2.24) is 24.7 Å². The van der Waals surface area contributed by atoms with Gasteiger partial charge in [0.25, 0.3) is 0 Å². The Bertz CT molecular complexity index is 971. The van der Waals surface area contributed by atoms with E-state index in [0.717, 1.165) is 17.1 Å². The SMILES string of the molecule is Cc1ccc(C(=O)O)c(N2CCn3nc(CNc4ncccn4)cc3C2)n1. The zero-order valence-electron chi connectivity index (χ0n) is 14.8. The molecule has 0 saturated heterocycles. The number of aryl methyl sites for hydroxylation is 1. The van der Waals surface area contributed by atoms with Gasteiger partial charge < -0.3 is 15.3 Å². The monoisotopic (exact) mass is 365 g/mol. The third-order valence-electron chi connectivity index (χ3n) is 4.39. The Hall–Kier alpha value is -3.49. The summed E-state index contributed by atoms with van der Waals surface area (Å²) in [7, 11) is 0. The number of nitrogens with one attached hydrogen (secondary N) is 1. The van der Waals surface area contributed by atoms with Crippen LogP contribution in [0.2, 0.25) is 0 Å². The molecule has 1 aliphatic heterocycles. The first kappa shape index (κ1) is 17.0. The maximum absolute atomic E-state index is 11.5. The van der Waals surface area contributed by atoms with Crippen molar-refractivity contribution in [2.24, 2.45) is 0 Å². The van der Waals surface area contributed by atoms with Gasteiger partial charge in [0, 0.05) is 24.6 Å². The Morgan fingerprint density at radius 3 is 2.85 bits per heavy atom. The number of aromatic carboxylic acids is 1. The summed E-state index contributed by atoms with van der Waals surface area (Å²) in [5, 5.41) is 17.2. The molecule has 138 valence electrons. The number of carboxylic acids is 1. The number of hydrogen-bond acceptors (Lipinski definition) is 7. The van der Waals surface area contributed by atoms with Gasteiger partial charge in [0.2, 0.25) is 5.95 Å². The number of aromatic nitrogens is 5. The summed E-state index contributed by atoms with van der Waals surface area (Å²) in [4.78, 5) is 26.3. The fourth-order valence-electron chi connectivity index (χ4n) is 3.10. The van der Waals surface area contributed by atoms with Crippen LogP contribution in [0.5, 0.6) is 0 Å². The van der Waals surface area contributed by atoms with Gasteiger partial charge in [-0.25, -0.2) is 19.7 Å². The molecule has 3 aromatic heterocycles. The van der Waals surface area contributed by atoms with Gasteiger partial charge in [0.1, 0.15) is 11.4 Å². The first-order valence-corrected chi connectivity index (χ1v) is 8.62. The summed E-state index contributed by atoms with van der Waals surface area (Å²) >= 11 is 0. The van der Waals surface area contributed by atoms with E-state index in [0.29, 0.717) is 37.9 Å². The van der Waals surface area contributed by atoms with Gasteiger partial charge in [-0.1, -0.05) is 0 Å². The van der Waals surface area contributed by atoms with Gasteiger partial charge in [0.15, 0.2) is 0 Å². The molecular formula is C18H19N7O2. The maximum atomic E-state index is 11.5. The van der Waals surface area contributed by atoms with E-state index in [1.165, 1.54) is 0 Å². The van der Waals surface area contributed by atoms with Gasteiger partial charge >= 0.3 is 5.97 Å². The zero-order chi connectivity index (χ0) is 18.8. The largest absolute Gasteiger partial charge is 0.478 e. The first-order valence-electron chi connectivity index (χ1n) is 8.62. The zero-order valence-corrected chi connectivity index (χ0v) is 14.8. The molecule has 0 spiro atoms.